The Morgan fingerprint density at radius 1 is 1.14 bits per heavy atom. The number of hydrogen-bond donors (Lipinski definition) is 1. The summed E-state index contributed by atoms with van der Waals surface area (Å²) in [5.74, 6) is 2.57. The predicted molar refractivity (Wildman–Crippen MR) is 88.0 cm³/mol. The van der Waals surface area contributed by atoms with Gasteiger partial charge in [-0.15, -0.1) is 0 Å². The second-order valence-corrected chi connectivity index (χ2v) is 6.10. The first kappa shape index (κ1) is 15.9. The first-order valence-electron chi connectivity index (χ1n) is 6.18. The second-order valence-electron chi connectivity index (χ2n) is 4.30. The molecule has 21 heavy (non-hydrogen) atoms. The fourth-order valence-corrected chi connectivity index (χ4v) is 3.33. The van der Waals surface area contributed by atoms with E-state index in [2.05, 4.69) is 25.9 Å². The van der Waals surface area contributed by atoms with Crippen molar-refractivity contribution in [3.63, 3.8) is 0 Å². The molecule has 1 heterocycles. The first-order chi connectivity index (χ1) is 10.0. The SMILES string of the molecule is COc1cc(Br)c(CSc2nc(C)cc(N)n2)cc1OC. The van der Waals surface area contributed by atoms with Gasteiger partial charge in [0.15, 0.2) is 16.7 Å². The van der Waals surface area contributed by atoms with Crippen LogP contribution in [0.25, 0.3) is 0 Å². The van der Waals surface area contributed by atoms with E-state index >= 15 is 0 Å². The van der Waals surface area contributed by atoms with Crippen LogP contribution < -0.4 is 15.2 Å². The lowest BCUT2D eigenvalue weighted by Gasteiger charge is -2.11. The van der Waals surface area contributed by atoms with Gasteiger partial charge in [-0.3, -0.25) is 0 Å². The first-order valence-corrected chi connectivity index (χ1v) is 7.95. The lowest BCUT2D eigenvalue weighted by molar-refractivity contribution is 0.354. The molecule has 2 aromatic rings. The number of ether oxygens (including phenoxy) is 2. The summed E-state index contributed by atoms with van der Waals surface area (Å²) in [5, 5.41) is 0.661. The molecule has 0 amide bonds. The summed E-state index contributed by atoms with van der Waals surface area (Å²) in [6, 6.07) is 5.58. The highest BCUT2D eigenvalue weighted by Crippen LogP contribution is 2.35. The van der Waals surface area contributed by atoms with Gasteiger partial charge in [-0.2, -0.15) is 0 Å². The molecule has 5 nitrogen and oxygen atoms in total. The van der Waals surface area contributed by atoms with Crippen molar-refractivity contribution in [2.75, 3.05) is 20.0 Å². The van der Waals surface area contributed by atoms with E-state index in [0.717, 1.165) is 15.7 Å². The van der Waals surface area contributed by atoms with Gasteiger partial charge < -0.3 is 15.2 Å². The molecule has 0 unspecified atom stereocenters. The third kappa shape index (κ3) is 4.01. The van der Waals surface area contributed by atoms with Gasteiger partial charge in [-0.1, -0.05) is 27.7 Å². The molecule has 0 fully saturated rings. The number of benzene rings is 1. The van der Waals surface area contributed by atoms with E-state index in [-0.39, 0.29) is 0 Å². The van der Waals surface area contributed by atoms with Gasteiger partial charge in [0.25, 0.3) is 0 Å². The molecular formula is C14H16BrN3O2S. The zero-order valence-corrected chi connectivity index (χ0v) is 14.4. The Balaban J connectivity index is 2.19. The number of aryl methyl sites for hydroxylation is 1. The molecule has 1 aromatic carbocycles. The predicted octanol–water partition coefficient (Wildman–Crippen LogP) is 3.44. The van der Waals surface area contributed by atoms with Gasteiger partial charge in [0, 0.05) is 22.0 Å². The molecule has 0 bridgehead atoms. The van der Waals surface area contributed by atoms with Crippen molar-refractivity contribution in [2.24, 2.45) is 0 Å². The normalized spacial score (nSPS) is 10.5. The van der Waals surface area contributed by atoms with Crippen molar-refractivity contribution in [3.8, 4) is 11.5 Å². The van der Waals surface area contributed by atoms with Crippen LogP contribution >= 0.6 is 27.7 Å². The van der Waals surface area contributed by atoms with Crippen LogP contribution in [0.3, 0.4) is 0 Å². The third-order valence-electron chi connectivity index (χ3n) is 2.76. The molecule has 112 valence electrons. The van der Waals surface area contributed by atoms with E-state index in [9.17, 15) is 0 Å². The zero-order chi connectivity index (χ0) is 15.4. The average molecular weight is 370 g/mol. The number of aromatic nitrogens is 2. The minimum absolute atomic E-state index is 0.483. The van der Waals surface area contributed by atoms with Crippen LogP contribution in [0.2, 0.25) is 0 Å². The molecule has 0 atom stereocenters. The molecule has 0 radical (unpaired) electrons. The van der Waals surface area contributed by atoms with Gasteiger partial charge in [-0.05, 0) is 24.6 Å². The van der Waals surface area contributed by atoms with Crippen LogP contribution in [0.1, 0.15) is 11.3 Å². The van der Waals surface area contributed by atoms with Crippen LogP contribution in [0, 0.1) is 6.92 Å². The van der Waals surface area contributed by atoms with Crippen molar-refractivity contribution >= 4 is 33.5 Å². The number of methoxy groups -OCH3 is 2. The van der Waals surface area contributed by atoms with Crippen molar-refractivity contribution < 1.29 is 9.47 Å². The lowest BCUT2D eigenvalue weighted by Crippen LogP contribution is -1.97. The zero-order valence-electron chi connectivity index (χ0n) is 12.0. The standard InChI is InChI=1S/C14H16BrN3O2S/c1-8-4-13(16)18-14(17-8)21-7-9-5-11(19-2)12(20-3)6-10(9)15/h4-6H,7H2,1-3H3,(H2,16,17,18). The highest BCUT2D eigenvalue weighted by Gasteiger charge is 2.11. The smallest absolute Gasteiger partial charge is 0.190 e. The Hall–Kier alpha value is -1.47. The number of rotatable bonds is 5. The topological polar surface area (TPSA) is 70.3 Å². The summed E-state index contributed by atoms with van der Waals surface area (Å²) in [5.41, 5.74) is 7.66. The molecule has 7 heteroatoms. The number of halogens is 1. The van der Waals surface area contributed by atoms with Crippen molar-refractivity contribution in [2.45, 2.75) is 17.8 Å². The van der Waals surface area contributed by atoms with E-state index in [1.807, 2.05) is 19.1 Å². The average Bonchev–Trinajstić information content (AvgIpc) is 2.44. The minimum Gasteiger partial charge on any atom is -0.493 e. The fourth-order valence-electron chi connectivity index (χ4n) is 1.78. The number of hydrogen-bond acceptors (Lipinski definition) is 6. The highest BCUT2D eigenvalue weighted by atomic mass is 79.9. The molecule has 1 aromatic heterocycles. The summed E-state index contributed by atoms with van der Waals surface area (Å²) < 4.78 is 11.5. The Kier molecular flexibility index (Phi) is 5.30. The second kappa shape index (κ2) is 7.00. The molecule has 0 aliphatic carbocycles. The van der Waals surface area contributed by atoms with Crippen molar-refractivity contribution in [1.82, 2.24) is 9.97 Å². The molecule has 0 aliphatic heterocycles. The van der Waals surface area contributed by atoms with Crippen LogP contribution in [0.15, 0.2) is 27.8 Å². The summed E-state index contributed by atoms with van der Waals surface area (Å²) >= 11 is 5.06. The maximum absolute atomic E-state index is 5.73. The largest absolute Gasteiger partial charge is 0.493 e. The van der Waals surface area contributed by atoms with Gasteiger partial charge in [0.1, 0.15) is 5.82 Å². The van der Waals surface area contributed by atoms with E-state index < -0.39 is 0 Å². The summed E-state index contributed by atoms with van der Waals surface area (Å²) in [4.78, 5) is 8.57. The van der Waals surface area contributed by atoms with E-state index in [1.165, 1.54) is 11.8 Å². The van der Waals surface area contributed by atoms with Gasteiger partial charge in [-0.25, -0.2) is 9.97 Å². The van der Waals surface area contributed by atoms with Gasteiger partial charge in [0.05, 0.1) is 14.2 Å². The van der Waals surface area contributed by atoms with Crippen molar-refractivity contribution in [3.05, 3.63) is 33.9 Å². The Morgan fingerprint density at radius 3 is 2.43 bits per heavy atom. The Labute approximate surface area is 136 Å². The van der Waals surface area contributed by atoms with E-state index in [0.29, 0.717) is 28.2 Å². The summed E-state index contributed by atoms with van der Waals surface area (Å²) in [6.07, 6.45) is 0. The summed E-state index contributed by atoms with van der Waals surface area (Å²) in [6.45, 7) is 1.90. The Morgan fingerprint density at radius 2 is 1.81 bits per heavy atom. The Bertz CT molecular complexity index is 632. The van der Waals surface area contributed by atoms with Gasteiger partial charge >= 0.3 is 0 Å². The maximum atomic E-state index is 5.73. The van der Waals surface area contributed by atoms with E-state index in [1.54, 1.807) is 20.3 Å². The van der Waals surface area contributed by atoms with Gasteiger partial charge in [0.2, 0.25) is 0 Å². The number of nitrogens with zero attached hydrogens (tertiary/aromatic N) is 2. The van der Waals surface area contributed by atoms with Crippen molar-refractivity contribution in [1.29, 1.82) is 0 Å². The fraction of sp³-hybridized carbons (Fsp3) is 0.286. The van der Waals surface area contributed by atoms with Crippen LogP contribution in [-0.4, -0.2) is 24.2 Å². The molecule has 0 saturated heterocycles. The maximum Gasteiger partial charge on any atom is 0.190 e. The highest BCUT2D eigenvalue weighted by molar-refractivity contribution is 9.10. The third-order valence-corrected chi connectivity index (χ3v) is 4.40. The number of nitrogens with two attached hydrogens (primary N) is 1. The van der Waals surface area contributed by atoms with Crippen LogP contribution in [0.4, 0.5) is 5.82 Å². The monoisotopic (exact) mass is 369 g/mol. The van der Waals surface area contributed by atoms with Crippen LogP contribution in [0.5, 0.6) is 11.5 Å². The molecule has 2 rings (SSSR count). The number of anilines is 1. The molecule has 0 saturated carbocycles. The summed E-state index contributed by atoms with van der Waals surface area (Å²) in [7, 11) is 3.23. The lowest BCUT2D eigenvalue weighted by atomic mass is 10.2. The molecule has 2 N–H and O–H groups in total. The van der Waals surface area contributed by atoms with Crippen LogP contribution in [-0.2, 0) is 5.75 Å². The molecule has 0 aliphatic rings. The number of thioether (sulfide) groups is 1. The van der Waals surface area contributed by atoms with E-state index in [4.69, 9.17) is 15.2 Å². The molecular weight excluding hydrogens is 354 g/mol. The quantitative estimate of drug-likeness (QED) is 0.642. The minimum atomic E-state index is 0.483. The number of nitrogen functional groups attached to an aromatic ring is 1. The molecule has 0 spiro atoms.